The zero-order valence-corrected chi connectivity index (χ0v) is 36.6. The van der Waals surface area contributed by atoms with Crippen LogP contribution in [0.15, 0.2) is 122 Å². The number of benzene rings is 4. The van der Waals surface area contributed by atoms with E-state index in [-0.39, 0.29) is 43.4 Å². The molecule has 1 N–H and O–H groups in total. The van der Waals surface area contributed by atoms with Gasteiger partial charge in [0.25, 0.3) is 14.4 Å². The molecule has 3 heterocycles. The van der Waals surface area contributed by atoms with E-state index in [9.17, 15) is 10.1 Å². The van der Waals surface area contributed by atoms with Gasteiger partial charge in [-0.05, 0) is 80.8 Å². The first-order valence-corrected chi connectivity index (χ1v) is 21.7. The molecule has 1 aliphatic heterocycles. The van der Waals surface area contributed by atoms with E-state index in [1.54, 1.807) is 44.8 Å². The number of aromatic nitrogens is 4. The summed E-state index contributed by atoms with van der Waals surface area (Å²) < 4.78 is 43.0. The second kappa shape index (κ2) is 20.4. The van der Waals surface area contributed by atoms with E-state index in [0.29, 0.717) is 34.6 Å². The number of methoxy groups -OCH3 is 2. The predicted octanol–water partition coefficient (Wildman–Crippen LogP) is 9.05. The predicted molar refractivity (Wildman–Crippen MR) is 237 cm³/mol. The Balaban J connectivity index is 1.28. The lowest BCUT2D eigenvalue weighted by Crippen LogP contribution is -2.39. The Kier molecular flexibility index (Phi) is 14.6. The molecule has 15 heteroatoms. The second-order valence-corrected chi connectivity index (χ2v) is 16.6. The van der Waals surface area contributed by atoms with Crippen molar-refractivity contribution in [1.29, 1.82) is 5.26 Å². The summed E-state index contributed by atoms with van der Waals surface area (Å²) in [6, 6.07) is 37.1. The molecule has 0 aliphatic carbocycles. The zero-order valence-electron chi connectivity index (χ0n) is 35.8. The first-order valence-electron chi connectivity index (χ1n) is 20.6. The highest BCUT2D eigenvalue weighted by molar-refractivity contribution is 7.44. The maximum absolute atomic E-state index is 13.2. The van der Waals surface area contributed by atoms with Gasteiger partial charge in [-0.1, -0.05) is 72.8 Å². The number of rotatable bonds is 19. The third-order valence-corrected chi connectivity index (χ3v) is 12.8. The van der Waals surface area contributed by atoms with Gasteiger partial charge >= 0.3 is 0 Å². The summed E-state index contributed by atoms with van der Waals surface area (Å²) in [4.78, 5) is 26.8. The van der Waals surface area contributed by atoms with Crippen LogP contribution in [0.2, 0.25) is 0 Å². The Labute approximate surface area is 363 Å². The van der Waals surface area contributed by atoms with Gasteiger partial charge < -0.3 is 33.3 Å². The summed E-state index contributed by atoms with van der Waals surface area (Å²) >= 11 is 0. The number of amides is 1. The number of imidazole rings is 1. The van der Waals surface area contributed by atoms with Gasteiger partial charge in [0, 0.05) is 24.1 Å². The number of carbonyl (C=O) groups is 1. The molecule has 0 spiro atoms. The molecule has 6 aromatic rings. The molecule has 1 aliphatic rings. The highest BCUT2D eigenvalue weighted by Crippen LogP contribution is 2.51. The lowest BCUT2D eigenvalue weighted by Gasteiger charge is -2.39. The Hall–Kier alpha value is -5.78. The molecule has 2 aromatic heterocycles. The van der Waals surface area contributed by atoms with E-state index >= 15 is 0 Å². The van der Waals surface area contributed by atoms with Crippen LogP contribution in [-0.4, -0.2) is 81.8 Å². The van der Waals surface area contributed by atoms with Crippen molar-refractivity contribution in [3.63, 3.8) is 0 Å². The Morgan fingerprint density at radius 1 is 0.871 bits per heavy atom. The van der Waals surface area contributed by atoms with Crippen LogP contribution in [0, 0.1) is 11.3 Å². The summed E-state index contributed by atoms with van der Waals surface area (Å²) in [5, 5.41) is 12.3. The number of nitrogens with one attached hydrogen (secondary N) is 1. The normalized spacial score (nSPS) is 17.1. The number of nitriles is 1. The van der Waals surface area contributed by atoms with Gasteiger partial charge in [-0.15, -0.1) is 0 Å². The minimum atomic E-state index is -1.66. The van der Waals surface area contributed by atoms with Crippen molar-refractivity contribution in [2.24, 2.45) is 0 Å². The van der Waals surface area contributed by atoms with Crippen LogP contribution in [0.4, 0.5) is 5.82 Å². The number of carbonyl (C=O) groups excluding carboxylic acids is 1. The summed E-state index contributed by atoms with van der Waals surface area (Å²) in [6.07, 6.45) is 1.84. The van der Waals surface area contributed by atoms with E-state index in [1.165, 1.54) is 6.33 Å². The average Bonchev–Trinajstić information content (AvgIpc) is 3.92. The lowest BCUT2D eigenvalue weighted by atomic mass is 9.80. The lowest BCUT2D eigenvalue weighted by molar-refractivity contribution is -0.0912. The SMILES string of the molecule is COc1ccc(C(OC[C@H]2O[C@@H]([15n]3c[15n]c4c([15NH]C(=O)c5ccccc5)[15n]c[15n]c43)CC2OP(OCCC#N)N(C(C)C)C(C)C)(c2ccccc2)c2ccc(OC)cc2)cc1. The quantitative estimate of drug-likeness (QED) is 0.0358. The maximum atomic E-state index is 13.2. The van der Waals surface area contributed by atoms with Gasteiger partial charge in [-0.25, -0.2) is 19.6 Å². The van der Waals surface area contributed by atoms with Gasteiger partial charge in [-0.3, -0.25) is 9.36 Å². The zero-order chi connectivity index (χ0) is 43.6. The van der Waals surface area contributed by atoms with Crippen molar-refractivity contribution in [3.8, 4) is 17.6 Å². The fourth-order valence-electron chi connectivity index (χ4n) is 7.75. The number of hydrogen-bond acceptors (Lipinski definition) is 12. The summed E-state index contributed by atoms with van der Waals surface area (Å²) in [6.45, 7) is 8.70. The monoisotopic (exact) mass is 862 g/mol. The van der Waals surface area contributed by atoms with Crippen molar-refractivity contribution >= 4 is 31.4 Å². The Morgan fingerprint density at radius 2 is 1.47 bits per heavy atom. The topological polar surface area (TPSA) is 155 Å². The molecule has 1 fully saturated rings. The standard InChI is InChI=1S/C47H52N7O7P/c1-32(2)54(33(3)4)62(59-27-13-26-48)61-40-28-42(53-31-51-43-44(49-30-50-45(43)53)52-46(55)34-14-9-7-10-15-34)60-41(40)29-58-47(35-16-11-8-12-17-35,36-18-22-38(56-5)23-19-36)37-20-24-39(57-6)25-21-37/h7-12,14-25,30-33,40-42H,13,27-29H2,1-6H3,(H,49,50,52,55)/t40?,41-,42-,62?/m1/s1/i49+1,50+1,51+1,52+1,53+1. The molecule has 322 valence electrons. The maximum Gasteiger partial charge on any atom is 0.259 e. The molecule has 0 bridgehead atoms. The highest BCUT2D eigenvalue weighted by Gasteiger charge is 2.45. The van der Waals surface area contributed by atoms with E-state index in [1.807, 2.05) is 77.4 Å². The van der Waals surface area contributed by atoms with Crippen LogP contribution in [0.25, 0.3) is 11.2 Å². The molecule has 62 heavy (non-hydrogen) atoms. The molecule has 0 radical (unpaired) electrons. The molecule has 0 saturated carbocycles. The van der Waals surface area contributed by atoms with Gasteiger partial charge in [0.1, 0.15) is 35.8 Å². The van der Waals surface area contributed by atoms with Gasteiger partial charge in [0.05, 0.1) is 52.4 Å². The fraction of sp³-hybridized carbons (Fsp3) is 0.340. The van der Waals surface area contributed by atoms with E-state index in [4.69, 9.17) is 28.0 Å². The first kappa shape index (κ1) is 44.3. The minimum absolute atomic E-state index is 0.0747. The van der Waals surface area contributed by atoms with Crippen molar-refractivity contribution < 1.29 is 32.8 Å². The van der Waals surface area contributed by atoms with E-state index in [0.717, 1.165) is 16.7 Å². The summed E-state index contributed by atoms with van der Waals surface area (Å²) in [5.41, 5.74) is 2.89. The smallest absolute Gasteiger partial charge is 0.259 e. The molecule has 4 aromatic carbocycles. The van der Waals surface area contributed by atoms with Crippen LogP contribution in [0.3, 0.4) is 0 Å². The third kappa shape index (κ3) is 9.64. The van der Waals surface area contributed by atoms with Gasteiger partial charge in [-0.2, -0.15) is 5.26 Å². The van der Waals surface area contributed by atoms with Crippen LogP contribution in [0.5, 0.6) is 11.5 Å². The van der Waals surface area contributed by atoms with Gasteiger partial charge in [0.2, 0.25) is 0 Å². The molecule has 4 atom stereocenters. The number of hydrogen-bond donors (Lipinski definition) is 1. The first-order chi connectivity index (χ1) is 30.2. The summed E-state index contributed by atoms with van der Waals surface area (Å²) in [7, 11) is 1.62. The Morgan fingerprint density at radius 3 is 2.05 bits per heavy atom. The number of ether oxygens (including phenoxy) is 4. The molecular formula is C47H52N7O7P. The number of nitrogens with zero attached hydrogens (tertiary/aromatic N) is 6. The van der Waals surface area contributed by atoms with Crippen LogP contribution >= 0.6 is 8.53 Å². The highest BCUT2D eigenvalue weighted by atomic mass is 31.2. The van der Waals surface area contributed by atoms with Crippen molar-refractivity contribution in [3.05, 3.63) is 144 Å². The molecule has 1 saturated heterocycles. The molecule has 1 amide bonds. The molecule has 14 nitrogen and oxygen atoms in total. The van der Waals surface area contributed by atoms with Crippen molar-refractivity contribution in [1.82, 2.24) is 24.2 Å². The van der Waals surface area contributed by atoms with Crippen LogP contribution < -0.4 is 14.8 Å². The van der Waals surface area contributed by atoms with Crippen molar-refractivity contribution in [2.75, 3.05) is 32.8 Å². The third-order valence-electron chi connectivity index (χ3n) is 10.6. The Bertz CT molecular complexity index is 2360. The molecule has 2 unspecified atom stereocenters. The van der Waals surface area contributed by atoms with E-state index < -0.39 is 32.6 Å². The number of fused-ring (bicyclic) bond motifs is 1. The average molecular weight is 863 g/mol. The van der Waals surface area contributed by atoms with Gasteiger partial charge in [0.15, 0.2) is 17.0 Å². The van der Waals surface area contributed by atoms with Crippen LogP contribution in [-0.2, 0) is 24.1 Å². The molecule has 7 rings (SSSR count). The van der Waals surface area contributed by atoms with E-state index in [2.05, 4.69) is 70.8 Å². The second-order valence-electron chi connectivity index (χ2n) is 15.2. The van der Waals surface area contributed by atoms with Crippen LogP contribution in [0.1, 0.15) is 73.8 Å². The number of anilines is 1. The minimum Gasteiger partial charge on any atom is -0.497 e. The largest absolute Gasteiger partial charge is 0.497 e. The molecular weight excluding hydrogens is 810 g/mol. The fourth-order valence-corrected chi connectivity index (χ4v) is 9.51. The summed E-state index contributed by atoms with van der Waals surface area (Å²) in [5.74, 6) is 1.39. The van der Waals surface area contributed by atoms with Crippen molar-refractivity contribution in [2.45, 2.75) is 76.7 Å².